The van der Waals surface area contributed by atoms with Gasteiger partial charge in [0.25, 0.3) is 5.91 Å². The number of carbonyl (C=O) groups is 1. The number of hydrogen-bond donors (Lipinski definition) is 2. The van der Waals surface area contributed by atoms with Gasteiger partial charge in [-0.25, -0.2) is 5.48 Å². The highest BCUT2D eigenvalue weighted by atomic mass is 32.1. The van der Waals surface area contributed by atoms with Gasteiger partial charge in [0.2, 0.25) is 0 Å². The second-order valence-corrected chi connectivity index (χ2v) is 7.18. The molecule has 0 spiro atoms. The third-order valence-corrected chi connectivity index (χ3v) is 5.38. The number of thiophene rings is 1. The minimum atomic E-state index is -0.475. The van der Waals surface area contributed by atoms with Gasteiger partial charge in [0, 0.05) is 18.0 Å². The second-order valence-electron chi connectivity index (χ2n) is 6.09. The highest BCUT2D eigenvalue weighted by Gasteiger charge is 2.10. The van der Waals surface area contributed by atoms with Crippen LogP contribution in [0, 0.1) is 0 Å². The summed E-state index contributed by atoms with van der Waals surface area (Å²) in [4.78, 5) is 15.4. The first kappa shape index (κ1) is 18.3. The standard InChI is InChI=1S/C21H22N2O2S/c1-2-23(14-16-7-4-3-5-8-16)15-17-9-6-10-18(13-17)19-11-12-20(26-19)21(24)22-25/h3-13,25H,2,14-15H2,1H3,(H,22,24). The van der Waals surface area contributed by atoms with Gasteiger partial charge in [0.05, 0.1) is 4.88 Å². The molecule has 0 fully saturated rings. The van der Waals surface area contributed by atoms with Gasteiger partial charge in [-0.05, 0) is 41.4 Å². The fourth-order valence-corrected chi connectivity index (χ4v) is 3.76. The maximum Gasteiger partial charge on any atom is 0.284 e. The van der Waals surface area contributed by atoms with E-state index in [0.29, 0.717) is 4.88 Å². The molecule has 134 valence electrons. The highest BCUT2D eigenvalue weighted by Crippen LogP contribution is 2.29. The second kappa shape index (κ2) is 8.76. The molecule has 0 atom stereocenters. The minimum Gasteiger partial charge on any atom is -0.295 e. The molecule has 0 unspecified atom stereocenters. The molecule has 1 amide bonds. The Morgan fingerprint density at radius 2 is 1.73 bits per heavy atom. The zero-order valence-corrected chi connectivity index (χ0v) is 15.5. The molecule has 0 aliphatic rings. The van der Waals surface area contributed by atoms with Crippen LogP contribution in [0.4, 0.5) is 0 Å². The molecule has 0 saturated heterocycles. The fourth-order valence-electron chi connectivity index (χ4n) is 2.87. The summed E-state index contributed by atoms with van der Waals surface area (Å²) in [7, 11) is 0. The summed E-state index contributed by atoms with van der Waals surface area (Å²) in [5.41, 5.74) is 5.31. The first-order chi connectivity index (χ1) is 12.7. The molecule has 5 heteroatoms. The predicted molar refractivity (Wildman–Crippen MR) is 105 cm³/mol. The van der Waals surface area contributed by atoms with Crippen molar-refractivity contribution in [3.05, 3.63) is 82.7 Å². The number of rotatable bonds is 7. The molecular weight excluding hydrogens is 344 g/mol. The number of hydrogen-bond acceptors (Lipinski definition) is 4. The molecule has 0 aliphatic heterocycles. The summed E-state index contributed by atoms with van der Waals surface area (Å²) in [5, 5.41) is 8.76. The van der Waals surface area contributed by atoms with E-state index in [0.717, 1.165) is 30.1 Å². The normalized spacial score (nSPS) is 10.9. The highest BCUT2D eigenvalue weighted by molar-refractivity contribution is 7.17. The minimum absolute atomic E-state index is 0.475. The van der Waals surface area contributed by atoms with E-state index in [9.17, 15) is 4.79 Å². The van der Waals surface area contributed by atoms with E-state index in [1.807, 2.05) is 24.3 Å². The fraction of sp³-hybridized carbons (Fsp3) is 0.190. The van der Waals surface area contributed by atoms with Gasteiger partial charge in [-0.3, -0.25) is 14.9 Å². The molecule has 3 aromatic rings. The number of amides is 1. The van der Waals surface area contributed by atoms with Gasteiger partial charge in [0.15, 0.2) is 0 Å². The van der Waals surface area contributed by atoms with Crippen molar-refractivity contribution in [2.75, 3.05) is 6.54 Å². The molecular formula is C21H22N2O2S. The number of nitrogens with one attached hydrogen (secondary N) is 1. The maximum absolute atomic E-state index is 11.5. The molecule has 3 rings (SSSR count). The molecule has 0 aliphatic carbocycles. The van der Waals surface area contributed by atoms with Crippen LogP contribution in [0.1, 0.15) is 27.7 Å². The Balaban J connectivity index is 1.74. The number of nitrogens with zero attached hydrogens (tertiary/aromatic N) is 1. The molecule has 4 nitrogen and oxygen atoms in total. The van der Waals surface area contributed by atoms with E-state index in [2.05, 4.69) is 48.2 Å². The summed E-state index contributed by atoms with van der Waals surface area (Å²) in [6.45, 7) is 4.93. The van der Waals surface area contributed by atoms with Crippen molar-refractivity contribution in [1.29, 1.82) is 0 Å². The van der Waals surface area contributed by atoms with Crippen molar-refractivity contribution >= 4 is 17.2 Å². The van der Waals surface area contributed by atoms with Crippen LogP contribution in [0.15, 0.2) is 66.7 Å². The lowest BCUT2D eigenvalue weighted by Crippen LogP contribution is -2.22. The lowest BCUT2D eigenvalue weighted by atomic mass is 10.1. The summed E-state index contributed by atoms with van der Waals surface area (Å²) in [5.74, 6) is -0.475. The van der Waals surface area contributed by atoms with Crippen molar-refractivity contribution in [2.24, 2.45) is 0 Å². The maximum atomic E-state index is 11.5. The van der Waals surface area contributed by atoms with E-state index in [4.69, 9.17) is 5.21 Å². The third-order valence-electron chi connectivity index (χ3n) is 4.25. The molecule has 2 aromatic carbocycles. The molecule has 0 saturated carbocycles. The predicted octanol–water partition coefficient (Wildman–Crippen LogP) is 4.56. The van der Waals surface area contributed by atoms with Gasteiger partial charge in [0.1, 0.15) is 0 Å². The average molecular weight is 366 g/mol. The Kier molecular flexibility index (Phi) is 6.17. The van der Waals surface area contributed by atoms with Crippen LogP contribution in [0.5, 0.6) is 0 Å². The van der Waals surface area contributed by atoms with Gasteiger partial charge in [-0.2, -0.15) is 0 Å². The number of carbonyl (C=O) groups excluding carboxylic acids is 1. The summed E-state index contributed by atoms with van der Waals surface area (Å²) >= 11 is 1.37. The smallest absolute Gasteiger partial charge is 0.284 e. The summed E-state index contributed by atoms with van der Waals surface area (Å²) < 4.78 is 0. The SMILES string of the molecule is CCN(Cc1ccccc1)Cc1cccc(-c2ccc(C(=O)NO)s2)c1. The third kappa shape index (κ3) is 4.58. The van der Waals surface area contributed by atoms with Gasteiger partial charge >= 0.3 is 0 Å². The summed E-state index contributed by atoms with van der Waals surface area (Å²) in [6, 6.07) is 22.5. The Bertz CT molecular complexity index is 861. The van der Waals surface area contributed by atoms with Crippen LogP contribution >= 0.6 is 11.3 Å². The van der Waals surface area contributed by atoms with Crippen molar-refractivity contribution < 1.29 is 10.0 Å². The Hall–Kier alpha value is -2.47. The zero-order valence-electron chi connectivity index (χ0n) is 14.7. The molecule has 1 aromatic heterocycles. The summed E-state index contributed by atoms with van der Waals surface area (Å²) in [6.07, 6.45) is 0. The van der Waals surface area contributed by atoms with Crippen molar-refractivity contribution in [2.45, 2.75) is 20.0 Å². The van der Waals surface area contributed by atoms with Gasteiger partial charge in [-0.1, -0.05) is 55.5 Å². The molecule has 1 heterocycles. The Morgan fingerprint density at radius 1 is 1.00 bits per heavy atom. The molecule has 0 bridgehead atoms. The van der Waals surface area contributed by atoms with Crippen molar-refractivity contribution in [3.63, 3.8) is 0 Å². The van der Waals surface area contributed by atoms with E-state index in [1.165, 1.54) is 22.5 Å². The van der Waals surface area contributed by atoms with Crippen LogP contribution < -0.4 is 5.48 Å². The quantitative estimate of drug-likeness (QED) is 0.476. The van der Waals surface area contributed by atoms with Crippen LogP contribution in [0.3, 0.4) is 0 Å². The lowest BCUT2D eigenvalue weighted by molar-refractivity contribution is 0.0711. The largest absolute Gasteiger partial charge is 0.295 e. The zero-order chi connectivity index (χ0) is 18.4. The number of benzene rings is 2. The van der Waals surface area contributed by atoms with E-state index < -0.39 is 5.91 Å². The molecule has 0 radical (unpaired) electrons. The molecule has 2 N–H and O–H groups in total. The molecule has 26 heavy (non-hydrogen) atoms. The van der Waals surface area contributed by atoms with Crippen LogP contribution in [0.2, 0.25) is 0 Å². The number of hydroxylamine groups is 1. The van der Waals surface area contributed by atoms with Crippen molar-refractivity contribution in [1.82, 2.24) is 10.4 Å². The first-order valence-corrected chi connectivity index (χ1v) is 9.41. The van der Waals surface area contributed by atoms with E-state index in [-0.39, 0.29) is 0 Å². The van der Waals surface area contributed by atoms with Crippen molar-refractivity contribution in [3.8, 4) is 10.4 Å². The Labute approximate surface area is 157 Å². The lowest BCUT2D eigenvalue weighted by Gasteiger charge is -2.21. The van der Waals surface area contributed by atoms with Gasteiger partial charge in [-0.15, -0.1) is 11.3 Å². The topological polar surface area (TPSA) is 52.6 Å². The average Bonchev–Trinajstić information content (AvgIpc) is 3.18. The monoisotopic (exact) mass is 366 g/mol. The first-order valence-electron chi connectivity index (χ1n) is 8.59. The van der Waals surface area contributed by atoms with E-state index in [1.54, 1.807) is 11.5 Å². The van der Waals surface area contributed by atoms with Crippen LogP contribution in [0.25, 0.3) is 10.4 Å². The van der Waals surface area contributed by atoms with Crippen LogP contribution in [-0.4, -0.2) is 22.6 Å². The Morgan fingerprint density at radius 3 is 2.46 bits per heavy atom. The van der Waals surface area contributed by atoms with Crippen LogP contribution in [-0.2, 0) is 13.1 Å². The van der Waals surface area contributed by atoms with Gasteiger partial charge < -0.3 is 0 Å². The van der Waals surface area contributed by atoms with E-state index >= 15 is 0 Å².